The normalized spacial score (nSPS) is 22.1. The minimum atomic E-state index is -1.09. The molecule has 1 aromatic carbocycles. The van der Waals surface area contributed by atoms with Crippen molar-refractivity contribution in [1.82, 2.24) is 4.90 Å². The predicted molar refractivity (Wildman–Crippen MR) is 77.1 cm³/mol. The van der Waals surface area contributed by atoms with Crippen LogP contribution < -0.4 is 0 Å². The Balaban J connectivity index is 2.42. The summed E-state index contributed by atoms with van der Waals surface area (Å²) in [6.45, 7) is 4.09. The summed E-state index contributed by atoms with van der Waals surface area (Å²) in [5, 5.41) is 9.93. The summed E-state index contributed by atoms with van der Waals surface area (Å²) in [6.07, 6.45) is 1.60. The number of halogens is 1. The van der Waals surface area contributed by atoms with Crippen LogP contribution in [0.3, 0.4) is 0 Å². The van der Waals surface area contributed by atoms with Gasteiger partial charge >= 0.3 is 5.97 Å². The van der Waals surface area contributed by atoms with Crippen LogP contribution in [0.25, 0.3) is 0 Å². The number of hydrogen-bond acceptors (Lipinski definition) is 2. The van der Waals surface area contributed by atoms with Gasteiger partial charge in [0.2, 0.25) is 0 Å². The molecule has 1 aromatic rings. The molecular formula is C15H18ClNO3. The van der Waals surface area contributed by atoms with E-state index < -0.39 is 11.5 Å². The van der Waals surface area contributed by atoms with E-state index in [-0.39, 0.29) is 5.91 Å². The van der Waals surface area contributed by atoms with E-state index in [9.17, 15) is 14.7 Å². The second-order valence-electron chi connectivity index (χ2n) is 5.19. The number of carboxylic acids is 1. The van der Waals surface area contributed by atoms with E-state index in [2.05, 4.69) is 0 Å². The van der Waals surface area contributed by atoms with Gasteiger partial charge in [-0.1, -0.05) is 30.7 Å². The number of amides is 1. The van der Waals surface area contributed by atoms with Crippen LogP contribution in [0.2, 0.25) is 5.02 Å². The lowest BCUT2D eigenvalue weighted by molar-refractivity contribution is -0.148. The van der Waals surface area contributed by atoms with Crippen LogP contribution in [0.4, 0.5) is 0 Å². The number of nitrogens with zero attached hydrogens (tertiary/aromatic N) is 1. The van der Waals surface area contributed by atoms with Crippen LogP contribution in [0, 0.1) is 6.92 Å². The molecule has 5 heteroatoms. The molecule has 0 saturated carbocycles. The molecule has 1 atom stereocenters. The molecule has 0 radical (unpaired) electrons. The zero-order chi connectivity index (χ0) is 14.9. The Bertz CT molecular complexity index is 558. The van der Waals surface area contributed by atoms with Crippen molar-refractivity contribution in [2.45, 2.75) is 38.6 Å². The molecule has 1 fully saturated rings. The minimum absolute atomic E-state index is 0.291. The second-order valence-corrected chi connectivity index (χ2v) is 5.57. The van der Waals surface area contributed by atoms with E-state index in [0.29, 0.717) is 36.4 Å². The number of carboxylic acid groups (broad SMARTS) is 1. The fourth-order valence-corrected chi connectivity index (χ4v) is 3.08. The van der Waals surface area contributed by atoms with Gasteiger partial charge in [-0.25, -0.2) is 4.79 Å². The summed E-state index contributed by atoms with van der Waals surface area (Å²) in [5.41, 5.74) is 0.103. The van der Waals surface area contributed by atoms with E-state index in [1.807, 2.05) is 13.0 Å². The first-order valence-corrected chi connectivity index (χ1v) is 7.12. The quantitative estimate of drug-likeness (QED) is 0.932. The first-order chi connectivity index (χ1) is 9.44. The minimum Gasteiger partial charge on any atom is -0.479 e. The predicted octanol–water partition coefficient (Wildman–Crippen LogP) is 3.12. The average Bonchev–Trinajstić information content (AvgIpc) is 2.86. The number of aliphatic carboxylic acids is 1. The molecule has 2 rings (SSSR count). The molecule has 1 aliphatic rings. The van der Waals surface area contributed by atoms with Gasteiger partial charge in [0, 0.05) is 6.54 Å². The molecule has 20 heavy (non-hydrogen) atoms. The number of benzene rings is 1. The van der Waals surface area contributed by atoms with Gasteiger partial charge in [-0.15, -0.1) is 0 Å². The Hall–Kier alpha value is -1.55. The zero-order valence-corrected chi connectivity index (χ0v) is 12.4. The van der Waals surface area contributed by atoms with E-state index in [1.54, 1.807) is 19.1 Å². The summed E-state index contributed by atoms with van der Waals surface area (Å²) in [5.74, 6) is -1.23. The maximum Gasteiger partial charge on any atom is 0.329 e. The number of carbonyl (C=O) groups excluding carboxylic acids is 1. The summed E-state index contributed by atoms with van der Waals surface area (Å²) in [7, 11) is 0. The van der Waals surface area contributed by atoms with Gasteiger partial charge in [-0.3, -0.25) is 4.79 Å². The molecule has 0 aliphatic carbocycles. The molecule has 1 N–H and O–H groups in total. The highest BCUT2D eigenvalue weighted by molar-refractivity contribution is 6.34. The summed E-state index contributed by atoms with van der Waals surface area (Å²) >= 11 is 6.19. The molecule has 1 saturated heterocycles. The molecule has 1 aliphatic heterocycles. The lowest BCUT2D eigenvalue weighted by Crippen LogP contribution is -2.52. The highest BCUT2D eigenvalue weighted by Gasteiger charge is 2.48. The maximum atomic E-state index is 12.7. The fourth-order valence-electron chi connectivity index (χ4n) is 2.87. The summed E-state index contributed by atoms with van der Waals surface area (Å²) < 4.78 is 0. The first kappa shape index (κ1) is 14.9. The molecule has 108 valence electrons. The lowest BCUT2D eigenvalue weighted by atomic mass is 9.92. The van der Waals surface area contributed by atoms with Gasteiger partial charge in [0.1, 0.15) is 5.54 Å². The average molecular weight is 296 g/mol. The van der Waals surface area contributed by atoms with Crippen LogP contribution in [0.5, 0.6) is 0 Å². The number of rotatable bonds is 3. The van der Waals surface area contributed by atoms with Gasteiger partial charge in [0.15, 0.2) is 0 Å². The van der Waals surface area contributed by atoms with Crippen molar-refractivity contribution in [3.63, 3.8) is 0 Å². The molecule has 0 spiro atoms. The SMILES string of the molecule is CCC1(C(=O)O)CCCN1C(=O)c1cccc(C)c1Cl. The number of carbonyl (C=O) groups is 2. The maximum absolute atomic E-state index is 12.7. The van der Waals surface area contributed by atoms with E-state index in [1.165, 1.54) is 4.90 Å². The largest absolute Gasteiger partial charge is 0.479 e. The summed E-state index contributed by atoms with van der Waals surface area (Å²) in [4.78, 5) is 25.8. The first-order valence-electron chi connectivity index (χ1n) is 6.74. The lowest BCUT2D eigenvalue weighted by Gasteiger charge is -2.34. The number of hydrogen-bond donors (Lipinski definition) is 1. The van der Waals surface area contributed by atoms with Gasteiger partial charge in [0.05, 0.1) is 10.6 Å². The van der Waals surface area contributed by atoms with Gasteiger partial charge in [-0.05, 0) is 37.8 Å². The Labute approximate surface area is 123 Å². The van der Waals surface area contributed by atoms with Gasteiger partial charge in [-0.2, -0.15) is 0 Å². The molecule has 0 bridgehead atoms. The third-order valence-corrected chi connectivity index (χ3v) is 4.64. The molecular weight excluding hydrogens is 278 g/mol. The monoisotopic (exact) mass is 295 g/mol. The Morgan fingerprint density at radius 2 is 2.15 bits per heavy atom. The molecule has 0 aromatic heterocycles. The zero-order valence-electron chi connectivity index (χ0n) is 11.6. The molecule has 4 nitrogen and oxygen atoms in total. The Kier molecular flexibility index (Phi) is 4.04. The van der Waals surface area contributed by atoms with Crippen LogP contribution in [-0.4, -0.2) is 34.0 Å². The van der Waals surface area contributed by atoms with Crippen LogP contribution in [0.1, 0.15) is 42.1 Å². The molecule has 1 amide bonds. The third-order valence-electron chi connectivity index (χ3n) is 4.14. The van der Waals surface area contributed by atoms with Gasteiger partial charge < -0.3 is 10.0 Å². The number of aryl methyl sites for hydroxylation is 1. The number of likely N-dealkylation sites (tertiary alicyclic amines) is 1. The van der Waals surface area contributed by atoms with Crippen molar-refractivity contribution in [2.75, 3.05) is 6.54 Å². The van der Waals surface area contributed by atoms with Crippen molar-refractivity contribution < 1.29 is 14.7 Å². The van der Waals surface area contributed by atoms with E-state index in [0.717, 1.165) is 5.56 Å². The Morgan fingerprint density at radius 1 is 1.45 bits per heavy atom. The van der Waals surface area contributed by atoms with Crippen molar-refractivity contribution in [3.8, 4) is 0 Å². The third kappa shape index (κ3) is 2.18. The van der Waals surface area contributed by atoms with Crippen molar-refractivity contribution in [3.05, 3.63) is 34.3 Å². The Morgan fingerprint density at radius 3 is 2.75 bits per heavy atom. The molecule has 1 heterocycles. The second kappa shape index (κ2) is 5.44. The van der Waals surface area contributed by atoms with Gasteiger partial charge in [0.25, 0.3) is 5.91 Å². The standard InChI is InChI=1S/C15H18ClNO3/c1-3-15(14(19)20)8-5-9-17(15)13(18)11-7-4-6-10(2)12(11)16/h4,6-7H,3,5,8-9H2,1-2H3,(H,19,20). The van der Waals surface area contributed by atoms with Crippen LogP contribution >= 0.6 is 11.6 Å². The van der Waals surface area contributed by atoms with E-state index in [4.69, 9.17) is 11.6 Å². The van der Waals surface area contributed by atoms with Crippen LogP contribution in [-0.2, 0) is 4.79 Å². The van der Waals surface area contributed by atoms with Crippen molar-refractivity contribution in [2.24, 2.45) is 0 Å². The fraction of sp³-hybridized carbons (Fsp3) is 0.467. The van der Waals surface area contributed by atoms with Crippen LogP contribution in [0.15, 0.2) is 18.2 Å². The van der Waals surface area contributed by atoms with Crippen molar-refractivity contribution >= 4 is 23.5 Å². The smallest absolute Gasteiger partial charge is 0.329 e. The molecule has 1 unspecified atom stereocenters. The highest BCUT2D eigenvalue weighted by atomic mass is 35.5. The highest BCUT2D eigenvalue weighted by Crippen LogP contribution is 2.35. The summed E-state index contributed by atoms with van der Waals surface area (Å²) in [6, 6.07) is 5.24. The van der Waals surface area contributed by atoms with E-state index >= 15 is 0 Å². The topological polar surface area (TPSA) is 57.6 Å². The van der Waals surface area contributed by atoms with Crippen molar-refractivity contribution in [1.29, 1.82) is 0 Å².